The van der Waals surface area contributed by atoms with Gasteiger partial charge in [0.05, 0.1) is 0 Å². The van der Waals surface area contributed by atoms with Gasteiger partial charge in [-0.15, -0.1) is 0 Å². The highest BCUT2D eigenvalue weighted by Gasteiger charge is 2.16. The highest BCUT2D eigenvalue weighted by atomic mass is 32.2. The number of fused-ring (bicyclic) bond motifs is 1. The second kappa shape index (κ2) is 6.39. The van der Waals surface area contributed by atoms with Gasteiger partial charge in [0.2, 0.25) is 6.79 Å². The summed E-state index contributed by atoms with van der Waals surface area (Å²) in [5.74, 6) is 2.36. The molecule has 1 aromatic carbocycles. The van der Waals surface area contributed by atoms with Gasteiger partial charge in [0.25, 0.3) is 0 Å². The quantitative estimate of drug-likeness (QED) is 0.869. The zero-order valence-electron chi connectivity index (χ0n) is 11.6. The summed E-state index contributed by atoms with van der Waals surface area (Å²) >= 11 is 0. The van der Waals surface area contributed by atoms with Crippen molar-refractivity contribution in [2.45, 2.75) is 32.4 Å². The van der Waals surface area contributed by atoms with Crippen molar-refractivity contribution >= 4 is 10.8 Å². The van der Waals surface area contributed by atoms with Crippen LogP contribution in [-0.2, 0) is 10.8 Å². The molecule has 0 saturated heterocycles. The van der Waals surface area contributed by atoms with Gasteiger partial charge in [0.15, 0.2) is 11.5 Å². The molecule has 1 aliphatic heterocycles. The number of hydrogen-bond donors (Lipinski definition) is 1. The summed E-state index contributed by atoms with van der Waals surface area (Å²) in [5.41, 5.74) is 1.17. The predicted octanol–water partition coefficient (Wildman–Crippen LogP) is 2.22. The highest BCUT2D eigenvalue weighted by molar-refractivity contribution is 7.84. The van der Waals surface area contributed by atoms with E-state index in [1.807, 2.05) is 12.1 Å². The number of rotatable bonds is 6. The molecule has 19 heavy (non-hydrogen) atoms. The van der Waals surface area contributed by atoms with Crippen LogP contribution in [0, 0.1) is 0 Å². The Labute approximate surface area is 116 Å². The van der Waals surface area contributed by atoms with Crippen LogP contribution in [0.4, 0.5) is 0 Å². The van der Waals surface area contributed by atoms with Crippen LogP contribution in [0.25, 0.3) is 0 Å². The molecule has 106 valence electrons. The van der Waals surface area contributed by atoms with Crippen LogP contribution < -0.4 is 14.8 Å². The average Bonchev–Trinajstić information content (AvgIpc) is 2.83. The molecule has 4 nitrogen and oxygen atoms in total. The standard InChI is InChI=1S/C14H21NO3S/c1-10(6-7-19(3)16)15-11(2)12-4-5-13-14(8-12)18-9-17-13/h4-5,8,10-11,15H,6-7,9H2,1-3H3. The lowest BCUT2D eigenvalue weighted by atomic mass is 10.1. The van der Waals surface area contributed by atoms with Gasteiger partial charge in [-0.2, -0.15) is 0 Å². The zero-order valence-corrected chi connectivity index (χ0v) is 12.5. The van der Waals surface area contributed by atoms with Crippen LogP contribution in [0.15, 0.2) is 18.2 Å². The second-order valence-corrected chi connectivity index (χ2v) is 6.52. The summed E-state index contributed by atoms with van der Waals surface area (Å²) in [6, 6.07) is 6.58. The largest absolute Gasteiger partial charge is 0.454 e. The van der Waals surface area contributed by atoms with Crippen LogP contribution >= 0.6 is 0 Å². The number of nitrogens with one attached hydrogen (secondary N) is 1. The van der Waals surface area contributed by atoms with E-state index in [4.69, 9.17) is 9.47 Å². The van der Waals surface area contributed by atoms with Gasteiger partial charge in [0, 0.05) is 34.9 Å². The lowest BCUT2D eigenvalue weighted by Gasteiger charge is -2.20. The van der Waals surface area contributed by atoms with Gasteiger partial charge in [-0.1, -0.05) is 6.07 Å². The van der Waals surface area contributed by atoms with E-state index in [-0.39, 0.29) is 6.04 Å². The van der Waals surface area contributed by atoms with Crippen molar-refractivity contribution in [3.63, 3.8) is 0 Å². The molecule has 0 saturated carbocycles. The molecule has 0 aromatic heterocycles. The molecule has 0 aliphatic carbocycles. The molecule has 1 N–H and O–H groups in total. The van der Waals surface area contributed by atoms with E-state index in [1.54, 1.807) is 6.26 Å². The summed E-state index contributed by atoms with van der Waals surface area (Å²) < 4.78 is 21.8. The van der Waals surface area contributed by atoms with E-state index in [1.165, 1.54) is 5.56 Å². The molecule has 2 rings (SSSR count). The monoisotopic (exact) mass is 283 g/mol. The maximum Gasteiger partial charge on any atom is 0.231 e. The molecule has 1 aliphatic rings. The van der Waals surface area contributed by atoms with E-state index in [0.717, 1.165) is 23.7 Å². The first-order valence-electron chi connectivity index (χ1n) is 6.52. The van der Waals surface area contributed by atoms with Crippen molar-refractivity contribution in [2.24, 2.45) is 0 Å². The first kappa shape index (κ1) is 14.3. The van der Waals surface area contributed by atoms with Crippen LogP contribution in [-0.4, -0.2) is 29.1 Å². The van der Waals surface area contributed by atoms with E-state index >= 15 is 0 Å². The number of ether oxygens (including phenoxy) is 2. The third-order valence-corrected chi connectivity index (χ3v) is 4.08. The zero-order chi connectivity index (χ0) is 13.8. The smallest absolute Gasteiger partial charge is 0.231 e. The summed E-state index contributed by atoms with van der Waals surface area (Å²) in [6.45, 7) is 4.55. The maximum atomic E-state index is 11.1. The summed E-state index contributed by atoms with van der Waals surface area (Å²) in [7, 11) is -0.722. The van der Waals surface area contributed by atoms with Crippen molar-refractivity contribution in [1.82, 2.24) is 5.32 Å². The number of benzene rings is 1. The second-order valence-electron chi connectivity index (χ2n) is 4.97. The molecule has 1 aromatic rings. The van der Waals surface area contributed by atoms with E-state index < -0.39 is 10.8 Å². The Bertz CT molecular complexity index is 464. The van der Waals surface area contributed by atoms with Crippen molar-refractivity contribution in [1.29, 1.82) is 0 Å². The van der Waals surface area contributed by atoms with Crippen molar-refractivity contribution in [2.75, 3.05) is 18.8 Å². The molecule has 3 atom stereocenters. The highest BCUT2D eigenvalue weighted by Crippen LogP contribution is 2.34. The van der Waals surface area contributed by atoms with Crippen molar-refractivity contribution in [3.05, 3.63) is 23.8 Å². The topological polar surface area (TPSA) is 47.6 Å². The maximum absolute atomic E-state index is 11.1. The minimum atomic E-state index is -0.722. The molecule has 5 heteroatoms. The van der Waals surface area contributed by atoms with Gasteiger partial charge in [-0.05, 0) is 38.0 Å². The number of hydrogen-bond acceptors (Lipinski definition) is 4. The predicted molar refractivity (Wildman–Crippen MR) is 77.1 cm³/mol. The Morgan fingerprint density at radius 1 is 1.32 bits per heavy atom. The van der Waals surface area contributed by atoms with Gasteiger partial charge < -0.3 is 14.8 Å². The summed E-state index contributed by atoms with van der Waals surface area (Å²) in [5, 5.41) is 3.51. The van der Waals surface area contributed by atoms with Crippen molar-refractivity contribution in [3.8, 4) is 11.5 Å². The lowest BCUT2D eigenvalue weighted by molar-refractivity contribution is 0.174. The first-order chi connectivity index (χ1) is 9.06. The molecular weight excluding hydrogens is 262 g/mol. The van der Waals surface area contributed by atoms with Crippen LogP contribution in [0.5, 0.6) is 11.5 Å². The van der Waals surface area contributed by atoms with Crippen molar-refractivity contribution < 1.29 is 13.7 Å². The van der Waals surface area contributed by atoms with Gasteiger partial charge in [-0.25, -0.2) is 0 Å². The Morgan fingerprint density at radius 3 is 2.79 bits per heavy atom. The minimum absolute atomic E-state index is 0.231. The fraction of sp³-hybridized carbons (Fsp3) is 0.571. The fourth-order valence-electron chi connectivity index (χ4n) is 2.13. The SMILES string of the molecule is CC(CCS(C)=O)NC(C)c1ccc2c(c1)OCO2. The van der Waals surface area contributed by atoms with Gasteiger partial charge in [0.1, 0.15) is 0 Å². The van der Waals surface area contributed by atoms with Gasteiger partial charge >= 0.3 is 0 Å². The normalized spacial score (nSPS) is 18.1. The van der Waals surface area contributed by atoms with Gasteiger partial charge in [-0.3, -0.25) is 4.21 Å². The Hall–Kier alpha value is -1.07. The average molecular weight is 283 g/mol. The molecule has 0 amide bonds. The molecule has 0 fully saturated rings. The van der Waals surface area contributed by atoms with E-state index in [2.05, 4.69) is 25.2 Å². The minimum Gasteiger partial charge on any atom is -0.454 e. The van der Waals surface area contributed by atoms with Crippen LogP contribution in [0.2, 0.25) is 0 Å². The Morgan fingerprint density at radius 2 is 2.05 bits per heavy atom. The third-order valence-electron chi connectivity index (χ3n) is 3.27. The molecule has 3 unspecified atom stereocenters. The molecule has 0 bridgehead atoms. The first-order valence-corrected chi connectivity index (χ1v) is 8.24. The summed E-state index contributed by atoms with van der Waals surface area (Å²) in [6.07, 6.45) is 2.66. The summed E-state index contributed by atoms with van der Waals surface area (Å²) in [4.78, 5) is 0. The third kappa shape index (κ3) is 3.94. The van der Waals surface area contributed by atoms with E-state index in [9.17, 15) is 4.21 Å². The van der Waals surface area contributed by atoms with E-state index in [0.29, 0.717) is 12.8 Å². The fourth-order valence-corrected chi connectivity index (χ4v) is 2.82. The Balaban J connectivity index is 1.92. The molecule has 1 heterocycles. The van der Waals surface area contributed by atoms with Crippen LogP contribution in [0.3, 0.4) is 0 Å². The molecule has 0 radical (unpaired) electrons. The van der Waals surface area contributed by atoms with Crippen LogP contribution in [0.1, 0.15) is 31.9 Å². The molecule has 0 spiro atoms. The lowest BCUT2D eigenvalue weighted by Crippen LogP contribution is -2.30. The Kier molecular flexibility index (Phi) is 4.82. The molecular formula is C14H21NO3S.